The Morgan fingerprint density at radius 1 is 0.361 bits per heavy atom. The molecule has 0 bridgehead atoms. The zero-order valence-corrected chi connectivity index (χ0v) is 57.1. The SMILES string of the molecule is CCCCCCCCC(CCCCCC)Cc1ccc(-c2nc3c(-c4cc[c]([Sn]([CH3])([CH3])[CH3])s4)c4sc(-c5ccc(CC(CCCCCC)CCCCCCCC)s5)nc4c(-c4cc[c]([Sn]([CH3])([CH3])[CH3])s4)c3s2)s1. The average molecular weight is 1300 g/mol. The van der Waals surface area contributed by atoms with E-state index in [-0.39, 0.29) is 0 Å². The Balaban J connectivity index is 1.28. The summed E-state index contributed by atoms with van der Waals surface area (Å²) >= 11 is 7.34. The molecule has 2 nitrogen and oxygen atoms in total. The molecule has 0 amide bonds. The van der Waals surface area contributed by atoms with Crippen molar-refractivity contribution in [3.8, 4) is 40.7 Å². The Morgan fingerprint density at radius 3 is 1.01 bits per heavy atom. The van der Waals surface area contributed by atoms with Crippen molar-refractivity contribution in [2.75, 3.05) is 0 Å². The Labute approximate surface area is 470 Å². The molecule has 0 aliphatic carbocycles. The minimum atomic E-state index is -2.36. The van der Waals surface area contributed by atoms with E-state index in [1.807, 2.05) is 45.3 Å². The van der Waals surface area contributed by atoms with Gasteiger partial charge in [0.2, 0.25) is 0 Å². The van der Waals surface area contributed by atoms with Gasteiger partial charge in [-0.3, -0.25) is 0 Å². The summed E-state index contributed by atoms with van der Waals surface area (Å²) < 4.78 is 5.92. The fraction of sp³-hybridized carbons (Fsp3) is 0.613. The molecule has 2 atom stereocenters. The van der Waals surface area contributed by atoms with Crippen molar-refractivity contribution >= 4 is 131 Å². The summed E-state index contributed by atoms with van der Waals surface area (Å²) in [6.45, 7) is 9.33. The van der Waals surface area contributed by atoms with Crippen LogP contribution in [0.1, 0.15) is 192 Å². The van der Waals surface area contributed by atoms with Gasteiger partial charge in [-0.25, -0.2) is 0 Å². The molecule has 0 fully saturated rings. The van der Waals surface area contributed by atoms with Gasteiger partial charge in [-0.1, -0.05) is 182 Å². The third-order valence-corrected chi connectivity index (χ3v) is 40.8. The predicted molar refractivity (Wildman–Crippen MR) is 340 cm³/mol. The van der Waals surface area contributed by atoms with E-state index in [4.69, 9.17) is 9.97 Å². The fourth-order valence-electron chi connectivity index (χ4n) is 10.6. The number of hydrogen-bond donors (Lipinski definition) is 0. The molecule has 0 N–H and O–H groups in total. The molecule has 6 aromatic heterocycles. The third kappa shape index (κ3) is 16.7. The minimum absolute atomic E-state index is 0.782. The number of hydrogen-bond acceptors (Lipinski definition) is 8. The zero-order chi connectivity index (χ0) is 51.1. The van der Waals surface area contributed by atoms with E-state index in [0.717, 1.165) is 11.8 Å². The maximum absolute atomic E-state index is 5.82. The van der Waals surface area contributed by atoms with Gasteiger partial charge in [0.15, 0.2) is 0 Å². The normalized spacial score (nSPS) is 13.4. The van der Waals surface area contributed by atoms with Crippen LogP contribution in [0.15, 0.2) is 48.5 Å². The fourth-order valence-corrected chi connectivity index (χ4v) is 28.0. The number of nitrogens with zero attached hydrogens (tertiary/aromatic N) is 2. The Hall–Kier alpha value is -0.603. The van der Waals surface area contributed by atoms with E-state index in [1.54, 1.807) is 15.5 Å². The second-order valence-corrected chi connectivity index (χ2v) is 60.8. The topological polar surface area (TPSA) is 25.8 Å². The van der Waals surface area contributed by atoms with Gasteiger partial charge in [-0.2, -0.15) is 0 Å². The van der Waals surface area contributed by atoms with Crippen LogP contribution < -0.4 is 5.79 Å². The molecule has 0 saturated heterocycles. The predicted octanol–water partition coefficient (Wildman–Crippen LogP) is 22.7. The van der Waals surface area contributed by atoms with Crippen LogP contribution in [-0.2, 0) is 12.8 Å². The maximum atomic E-state index is 5.82. The van der Waals surface area contributed by atoms with Crippen molar-refractivity contribution in [2.45, 2.75) is 224 Å². The van der Waals surface area contributed by atoms with Crippen LogP contribution in [0.4, 0.5) is 0 Å². The number of fused-ring (bicyclic) bond motifs is 2. The van der Waals surface area contributed by atoms with Crippen molar-refractivity contribution in [3.63, 3.8) is 0 Å². The van der Waals surface area contributed by atoms with Crippen molar-refractivity contribution in [3.05, 3.63) is 58.3 Å². The van der Waals surface area contributed by atoms with Crippen molar-refractivity contribution < 1.29 is 0 Å². The van der Waals surface area contributed by atoms with E-state index in [1.165, 1.54) is 228 Å². The number of aromatic nitrogens is 2. The summed E-state index contributed by atoms with van der Waals surface area (Å²) in [5, 5.41) is 2.37. The molecule has 1 aromatic carbocycles. The first-order valence-corrected chi connectivity index (χ1v) is 53.8. The van der Waals surface area contributed by atoms with Crippen LogP contribution in [-0.4, -0.2) is 46.7 Å². The molecule has 2 unspecified atom stereocenters. The van der Waals surface area contributed by atoms with Gasteiger partial charge in [0.05, 0.1) is 0 Å². The second kappa shape index (κ2) is 29.4. The summed E-state index contributed by atoms with van der Waals surface area (Å²) in [6, 6.07) is 19.6. The summed E-state index contributed by atoms with van der Waals surface area (Å²) in [5.74, 6) is 1.56. The number of benzene rings is 1. The molecule has 7 aromatic rings. The average Bonchev–Trinajstić information content (AvgIpc) is 4.21. The molecule has 0 spiro atoms. The van der Waals surface area contributed by atoms with Gasteiger partial charge < -0.3 is 0 Å². The zero-order valence-electron chi connectivity index (χ0n) is 46.5. The molecule has 10 heteroatoms. The van der Waals surface area contributed by atoms with Crippen LogP contribution in [0.5, 0.6) is 0 Å². The first kappa shape index (κ1) is 59.1. The Bertz CT molecular complexity index is 2440. The number of rotatable bonds is 34. The van der Waals surface area contributed by atoms with Crippen molar-refractivity contribution in [1.82, 2.24) is 9.97 Å². The van der Waals surface area contributed by atoms with Gasteiger partial charge >= 0.3 is 294 Å². The van der Waals surface area contributed by atoms with E-state index < -0.39 is 36.8 Å². The van der Waals surface area contributed by atoms with Crippen molar-refractivity contribution in [1.29, 1.82) is 0 Å². The molecule has 394 valence electrons. The van der Waals surface area contributed by atoms with Gasteiger partial charge in [0.25, 0.3) is 0 Å². The van der Waals surface area contributed by atoms with Crippen LogP contribution in [0.2, 0.25) is 29.6 Å². The van der Waals surface area contributed by atoms with Crippen molar-refractivity contribution in [2.24, 2.45) is 11.8 Å². The molecule has 0 aliphatic heterocycles. The van der Waals surface area contributed by atoms with Crippen LogP contribution in [0, 0.1) is 11.8 Å². The Kier molecular flexibility index (Phi) is 24.1. The molecule has 0 saturated carbocycles. The molecule has 0 aliphatic rings. The van der Waals surface area contributed by atoms with E-state index in [9.17, 15) is 0 Å². The van der Waals surface area contributed by atoms with Gasteiger partial charge in [-0.05, 0) is 0 Å². The molecule has 72 heavy (non-hydrogen) atoms. The Morgan fingerprint density at radius 2 is 0.681 bits per heavy atom. The van der Waals surface area contributed by atoms with E-state index in [2.05, 4.69) is 129 Å². The molecule has 0 radical (unpaired) electrons. The van der Waals surface area contributed by atoms with Crippen LogP contribution >= 0.6 is 68.0 Å². The third-order valence-electron chi connectivity index (χ3n) is 15.0. The summed E-state index contributed by atoms with van der Waals surface area (Å²) in [7, 11) is 0. The molecule has 7 rings (SSSR count). The van der Waals surface area contributed by atoms with Crippen LogP contribution in [0.25, 0.3) is 61.1 Å². The first-order chi connectivity index (χ1) is 34.8. The number of thiazole rings is 2. The molecule has 6 heterocycles. The first-order valence-electron chi connectivity index (χ1n) is 29.0. The molecular formula is C62H92N2S6Sn2. The van der Waals surface area contributed by atoms with Gasteiger partial charge in [-0.15, -0.1) is 0 Å². The van der Waals surface area contributed by atoms with Gasteiger partial charge in [0, 0.05) is 0 Å². The van der Waals surface area contributed by atoms with E-state index in [0.29, 0.717) is 0 Å². The summed E-state index contributed by atoms with van der Waals surface area (Å²) in [6.07, 6.45) is 35.4. The summed E-state index contributed by atoms with van der Waals surface area (Å²) in [5.41, 5.74) is 5.05. The van der Waals surface area contributed by atoms with Gasteiger partial charge in [0.1, 0.15) is 0 Å². The quantitative estimate of drug-likeness (QED) is 0.0297. The second-order valence-electron chi connectivity index (χ2n) is 23.5. The molecular weight excluding hydrogens is 1200 g/mol. The monoisotopic (exact) mass is 1300 g/mol. The number of thiophene rings is 4. The number of unbranched alkanes of at least 4 members (excludes halogenated alkanes) is 16. The van der Waals surface area contributed by atoms with E-state index >= 15 is 0 Å². The van der Waals surface area contributed by atoms with Crippen LogP contribution in [0.3, 0.4) is 0 Å². The standard InChI is InChI=1S/C56H74N2S6.6CH3.2Sn/c1-5-9-13-17-19-23-29-41(27-21-15-11-7-3)39-43-33-35-47(61-43)55-57-51-49(45-31-25-37-59-45)54-52(50(53(51)63-55)46-32-26-38-60-46)58-56(64-54)48-36-34-44(62-48)40-42(28-22-16-12-8-4)30-24-20-18-14-10-6-2;;;;;;;;/h25-26,31-36,41-42H,5-24,27-30,39-40H2,1-4H3;6*1H3;;. The summed E-state index contributed by atoms with van der Waals surface area (Å²) in [4.78, 5) is 35.6.